The number of benzene rings is 1. The van der Waals surface area contributed by atoms with Gasteiger partial charge >= 0.3 is 0 Å². The van der Waals surface area contributed by atoms with Crippen molar-refractivity contribution in [3.63, 3.8) is 0 Å². The molecule has 1 aromatic rings. The molecule has 1 aliphatic heterocycles. The molecule has 124 valence electrons. The van der Waals surface area contributed by atoms with Crippen LogP contribution in [0.4, 0.5) is 4.39 Å². The molecule has 1 unspecified atom stereocenters. The Morgan fingerprint density at radius 1 is 1.35 bits per heavy atom. The van der Waals surface area contributed by atoms with Crippen molar-refractivity contribution in [2.24, 2.45) is 5.92 Å². The Hall–Kier alpha value is -1.91. The third-order valence-corrected chi connectivity index (χ3v) is 4.60. The molecule has 4 nitrogen and oxygen atoms in total. The van der Waals surface area contributed by atoms with Crippen molar-refractivity contribution in [2.75, 3.05) is 0 Å². The highest BCUT2D eigenvalue weighted by Crippen LogP contribution is 2.45. The van der Waals surface area contributed by atoms with E-state index in [1.54, 1.807) is 17.0 Å². The van der Waals surface area contributed by atoms with Crippen molar-refractivity contribution in [1.29, 1.82) is 0 Å². The zero-order valence-corrected chi connectivity index (χ0v) is 13.8. The summed E-state index contributed by atoms with van der Waals surface area (Å²) in [7, 11) is 0. The Labute approximate surface area is 136 Å². The maximum atomic E-state index is 13.6. The summed E-state index contributed by atoms with van der Waals surface area (Å²) in [5.74, 6) is -0.576. The second kappa shape index (κ2) is 5.62. The lowest BCUT2D eigenvalue weighted by atomic mass is 9.86. The number of carbonyl (C=O) groups excluding carboxylic acids is 2. The van der Waals surface area contributed by atoms with E-state index >= 15 is 0 Å². The Kier molecular flexibility index (Phi) is 3.90. The Bertz CT molecular complexity index is 638. The second-order valence-corrected chi connectivity index (χ2v) is 7.55. The summed E-state index contributed by atoms with van der Waals surface area (Å²) in [5.41, 5.74) is 0.122. The molecular weight excluding hydrogens is 295 g/mol. The number of amides is 2. The topological polar surface area (TPSA) is 49.4 Å². The van der Waals surface area contributed by atoms with Gasteiger partial charge in [0.05, 0.1) is 5.92 Å². The predicted octanol–water partition coefficient (Wildman–Crippen LogP) is 2.79. The number of fused-ring (bicyclic) bond motifs is 1. The number of carbonyl (C=O) groups is 2. The molecule has 0 radical (unpaired) electrons. The Balaban J connectivity index is 1.94. The van der Waals surface area contributed by atoms with E-state index in [-0.39, 0.29) is 23.8 Å². The third-order valence-electron chi connectivity index (χ3n) is 4.60. The Morgan fingerprint density at radius 3 is 2.74 bits per heavy atom. The number of nitrogens with one attached hydrogen (secondary N) is 1. The van der Waals surface area contributed by atoms with Gasteiger partial charge in [0.2, 0.25) is 11.8 Å². The monoisotopic (exact) mass is 318 g/mol. The van der Waals surface area contributed by atoms with Crippen LogP contribution in [0.3, 0.4) is 0 Å². The standard InChI is InChI=1S/C18H23FN2O2/c1-18(2,3)20-16(22)15(11-6-4-7-12(19)10-11)21-14-9-5-8-13(14)17(21)23/h4,6-7,10,13-15H,5,8-9H2,1-3H3,(H,20,22)/t13-,14+,15?/m1/s1. The second-order valence-electron chi connectivity index (χ2n) is 7.55. The number of hydrogen-bond donors (Lipinski definition) is 1. The summed E-state index contributed by atoms with van der Waals surface area (Å²) in [6, 6.07) is 5.35. The van der Waals surface area contributed by atoms with Crippen LogP contribution in [0.1, 0.15) is 51.6 Å². The van der Waals surface area contributed by atoms with Crippen LogP contribution in [0, 0.1) is 11.7 Å². The van der Waals surface area contributed by atoms with Crippen molar-refractivity contribution in [3.8, 4) is 0 Å². The van der Waals surface area contributed by atoms with E-state index in [0.717, 1.165) is 19.3 Å². The molecule has 3 atom stereocenters. The minimum atomic E-state index is -0.753. The van der Waals surface area contributed by atoms with Gasteiger partial charge in [-0.3, -0.25) is 9.59 Å². The van der Waals surface area contributed by atoms with Gasteiger partial charge in [-0.15, -0.1) is 0 Å². The van der Waals surface area contributed by atoms with Crippen LogP contribution >= 0.6 is 0 Å². The van der Waals surface area contributed by atoms with E-state index in [1.807, 2.05) is 20.8 Å². The minimum Gasteiger partial charge on any atom is -0.349 e. The van der Waals surface area contributed by atoms with E-state index in [2.05, 4.69) is 5.32 Å². The molecular formula is C18H23FN2O2. The number of rotatable bonds is 3. The molecule has 1 saturated carbocycles. The van der Waals surface area contributed by atoms with Crippen molar-refractivity contribution < 1.29 is 14.0 Å². The average Bonchev–Trinajstić information content (AvgIpc) is 2.86. The molecule has 5 heteroatoms. The van der Waals surface area contributed by atoms with Gasteiger partial charge in [0.1, 0.15) is 11.9 Å². The lowest BCUT2D eigenvalue weighted by Gasteiger charge is -2.48. The molecule has 1 heterocycles. The quantitative estimate of drug-likeness (QED) is 0.871. The molecule has 0 spiro atoms. The number of nitrogens with zero attached hydrogens (tertiary/aromatic N) is 1. The molecule has 1 aromatic carbocycles. The molecule has 23 heavy (non-hydrogen) atoms. The number of hydrogen-bond acceptors (Lipinski definition) is 2. The molecule has 3 rings (SSSR count). The smallest absolute Gasteiger partial charge is 0.247 e. The first-order chi connectivity index (χ1) is 10.8. The molecule has 2 amide bonds. The number of β-lactam (4-membered cyclic amide) rings is 1. The van der Waals surface area contributed by atoms with E-state index in [0.29, 0.717) is 5.56 Å². The molecule has 1 saturated heterocycles. The summed E-state index contributed by atoms with van der Waals surface area (Å²) in [4.78, 5) is 26.9. The highest BCUT2D eigenvalue weighted by atomic mass is 19.1. The van der Waals surface area contributed by atoms with Crippen molar-refractivity contribution in [3.05, 3.63) is 35.6 Å². The third kappa shape index (κ3) is 2.96. The van der Waals surface area contributed by atoms with E-state index in [9.17, 15) is 14.0 Å². The first kappa shape index (κ1) is 16.0. The fraction of sp³-hybridized carbons (Fsp3) is 0.556. The fourth-order valence-corrected chi connectivity index (χ4v) is 3.71. The fourth-order valence-electron chi connectivity index (χ4n) is 3.71. The van der Waals surface area contributed by atoms with Crippen LogP contribution in [0.15, 0.2) is 24.3 Å². The van der Waals surface area contributed by atoms with Crippen molar-refractivity contribution in [2.45, 2.75) is 57.7 Å². The highest BCUT2D eigenvalue weighted by Gasteiger charge is 2.54. The van der Waals surface area contributed by atoms with Gasteiger partial charge in [0.15, 0.2) is 0 Å². The lowest BCUT2D eigenvalue weighted by molar-refractivity contribution is -0.163. The Morgan fingerprint density at radius 2 is 2.09 bits per heavy atom. The predicted molar refractivity (Wildman–Crippen MR) is 85.0 cm³/mol. The maximum Gasteiger partial charge on any atom is 0.247 e. The van der Waals surface area contributed by atoms with E-state index in [4.69, 9.17) is 0 Å². The summed E-state index contributed by atoms with van der Waals surface area (Å²) in [5, 5.41) is 2.93. The van der Waals surface area contributed by atoms with Gasteiger partial charge in [-0.25, -0.2) is 4.39 Å². The largest absolute Gasteiger partial charge is 0.349 e. The molecule has 2 aliphatic rings. The molecule has 0 aromatic heterocycles. The first-order valence-electron chi connectivity index (χ1n) is 8.17. The SMILES string of the molecule is CC(C)(C)NC(=O)C(c1cccc(F)c1)N1C(=O)[C@@H]2CCC[C@@H]21. The normalized spacial score (nSPS) is 24.9. The van der Waals surface area contributed by atoms with Gasteiger partial charge in [0.25, 0.3) is 0 Å². The summed E-state index contributed by atoms with van der Waals surface area (Å²) in [6.07, 6.45) is 2.83. The van der Waals surface area contributed by atoms with Gasteiger partial charge in [-0.05, 0) is 51.3 Å². The van der Waals surface area contributed by atoms with Gasteiger partial charge in [-0.1, -0.05) is 18.6 Å². The molecule has 0 bridgehead atoms. The number of halogens is 1. The van der Waals surface area contributed by atoms with Crippen LogP contribution < -0.4 is 5.32 Å². The van der Waals surface area contributed by atoms with Gasteiger partial charge in [0, 0.05) is 11.6 Å². The van der Waals surface area contributed by atoms with Crippen molar-refractivity contribution in [1.82, 2.24) is 10.2 Å². The van der Waals surface area contributed by atoms with Crippen LogP contribution in [0.5, 0.6) is 0 Å². The zero-order valence-electron chi connectivity index (χ0n) is 13.8. The molecule has 2 fully saturated rings. The van der Waals surface area contributed by atoms with Crippen LogP contribution in [-0.2, 0) is 9.59 Å². The summed E-state index contributed by atoms with van der Waals surface area (Å²) < 4.78 is 13.6. The first-order valence-corrected chi connectivity index (χ1v) is 8.17. The average molecular weight is 318 g/mol. The zero-order chi connectivity index (χ0) is 16.8. The van der Waals surface area contributed by atoms with Gasteiger partial charge in [-0.2, -0.15) is 0 Å². The van der Waals surface area contributed by atoms with E-state index in [1.165, 1.54) is 12.1 Å². The highest BCUT2D eigenvalue weighted by molar-refractivity contribution is 5.94. The summed E-state index contributed by atoms with van der Waals surface area (Å²) >= 11 is 0. The molecule has 1 aliphatic carbocycles. The lowest BCUT2D eigenvalue weighted by Crippen LogP contribution is -2.62. The van der Waals surface area contributed by atoms with Crippen LogP contribution in [0.2, 0.25) is 0 Å². The van der Waals surface area contributed by atoms with Gasteiger partial charge < -0.3 is 10.2 Å². The molecule has 1 N–H and O–H groups in total. The summed E-state index contributed by atoms with van der Waals surface area (Å²) in [6.45, 7) is 5.68. The number of likely N-dealkylation sites (tertiary alicyclic amines) is 1. The maximum absolute atomic E-state index is 13.6. The van der Waals surface area contributed by atoms with E-state index < -0.39 is 17.4 Å². The minimum absolute atomic E-state index is 0.0193. The van der Waals surface area contributed by atoms with Crippen LogP contribution in [-0.4, -0.2) is 28.3 Å². The van der Waals surface area contributed by atoms with Crippen LogP contribution in [0.25, 0.3) is 0 Å². The van der Waals surface area contributed by atoms with Crippen molar-refractivity contribution >= 4 is 11.8 Å².